The molecule has 0 amide bonds. The summed E-state index contributed by atoms with van der Waals surface area (Å²) in [6.45, 7) is 5.42. The number of benzene rings is 2. The smallest absolute Gasteiger partial charge is 0.0687 e. The lowest BCUT2D eigenvalue weighted by Gasteiger charge is -2.35. The molecule has 0 unspecified atom stereocenters. The van der Waals surface area contributed by atoms with Crippen LogP contribution in [0.25, 0.3) is 6.08 Å². The van der Waals surface area contributed by atoms with Crippen molar-refractivity contribution in [2.45, 2.75) is 0 Å². The van der Waals surface area contributed by atoms with E-state index in [0.717, 1.165) is 43.6 Å². The maximum Gasteiger partial charge on any atom is 0.0687 e. The predicted molar refractivity (Wildman–Crippen MR) is 123 cm³/mol. The fourth-order valence-corrected chi connectivity index (χ4v) is 4.61. The van der Waals surface area contributed by atoms with Crippen molar-refractivity contribution in [3.8, 4) is 0 Å². The standard InChI is InChI=1S/C21H24ClN3S.ClH/c1-23-10-12-24(13-11-23)21-5-3-2-4-17(21)14-20-15-25(16-26-20)19-8-6-18(22)7-9-19;/h2-9,14H,10-13,15-16H2,1H3;1H. The van der Waals surface area contributed by atoms with Gasteiger partial charge in [-0.05, 0) is 49.0 Å². The van der Waals surface area contributed by atoms with Gasteiger partial charge in [0.25, 0.3) is 0 Å². The number of para-hydroxylation sites is 1. The summed E-state index contributed by atoms with van der Waals surface area (Å²) in [6, 6.07) is 16.9. The first-order valence-electron chi connectivity index (χ1n) is 9.05. The molecule has 2 fully saturated rings. The molecule has 2 aliphatic rings. The van der Waals surface area contributed by atoms with E-state index in [2.05, 4.69) is 64.2 Å². The molecule has 0 aliphatic carbocycles. The third kappa shape index (κ3) is 4.94. The molecule has 0 saturated carbocycles. The summed E-state index contributed by atoms with van der Waals surface area (Å²) in [6.07, 6.45) is 2.37. The first kappa shape index (κ1) is 20.4. The monoisotopic (exact) mass is 421 g/mol. The summed E-state index contributed by atoms with van der Waals surface area (Å²) >= 11 is 7.94. The maximum absolute atomic E-state index is 6.01. The molecule has 0 bridgehead atoms. The van der Waals surface area contributed by atoms with Crippen molar-refractivity contribution in [3.63, 3.8) is 0 Å². The Bertz CT molecular complexity index is 786. The van der Waals surface area contributed by atoms with Crippen molar-refractivity contribution < 1.29 is 0 Å². The second kappa shape index (κ2) is 9.24. The van der Waals surface area contributed by atoms with Gasteiger partial charge in [0.15, 0.2) is 0 Å². The molecule has 6 heteroatoms. The first-order valence-corrected chi connectivity index (χ1v) is 10.4. The number of likely N-dealkylation sites (N-methyl/N-ethyl adjacent to an activating group) is 1. The SMILES string of the molecule is CN1CCN(c2ccccc2C=C2CN(c3ccc(Cl)cc3)CS2)CC1.Cl. The molecule has 27 heavy (non-hydrogen) atoms. The zero-order valence-electron chi connectivity index (χ0n) is 15.5. The molecule has 0 aromatic heterocycles. The third-order valence-electron chi connectivity index (χ3n) is 5.04. The zero-order chi connectivity index (χ0) is 17.9. The second-order valence-electron chi connectivity index (χ2n) is 6.91. The van der Waals surface area contributed by atoms with Gasteiger partial charge in [-0.3, -0.25) is 0 Å². The van der Waals surface area contributed by atoms with E-state index >= 15 is 0 Å². The lowest BCUT2D eigenvalue weighted by atomic mass is 10.1. The number of nitrogens with zero attached hydrogens (tertiary/aromatic N) is 3. The van der Waals surface area contributed by atoms with E-state index in [4.69, 9.17) is 11.6 Å². The van der Waals surface area contributed by atoms with Crippen LogP contribution in [0.2, 0.25) is 5.02 Å². The maximum atomic E-state index is 6.01. The van der Waals surface area contributed by atoms with Crippen LogP contribution in [0, 0.1) is 0 Å². The highest BCUT2D eigenvalue weighted by atomic mass is 35.5. The predicted octanol–water partition coefficient (Wildman–Crippen LogP) is 5.07. The van der Waals surface area contributed by atoms with Crippen LogP contribution in [0.1, 0.15) is 5.56 Å². The Morgan fingerprint density at radius 1 is 0.926 bits per heavy atom. The van der Waals surface area contributed by atoms with Crippen LogP contribution in [0.5, 0.6) is 0 Å². The molecular weight excluding hydrogens is 397 g/mol. The van der Waals surface area contributed by atoms with Gasteiger partial charge in [-0.1, -0.05) is 29.8 Å². The highest BCUT2D eigenvalue weighted by molar-refractivity contribution is 8.03. The molecular formula is C21H25Cl2N3S. The summed E-state index contributed by atoms with van der Waals surface area (Å²) in [5.74, 6) is 0.990. The van der Waals surface area contributed by atoms with Gasteiger partial charge in [-0.15, -0.1) is 24.2 Å². The van der Waals surface area contributed by atoms with E-state index in [0.29, 0.717) is 0 Å². The number of thioether (sulfide) groups is 1. The average Bonchev–Trinajstić information content (AvgIpc) is 3.12. The minimum absolute atomic E-state index is 0. The fraction of sp³-hybridized carbons (Fsp3) is 0.333. The van der Waals surface area contributed by atoms with Gasteiger partial charge in [0.05, 0.1) is 5.88 Å². The normalized spacial score (nSPS) is 19.4. The molecule has 0 atom stereocenters. The number of hydrogen-bond acceptors (Lipinski definition) is 4. The van der Waals surface area contributed by atoms with Crippen molar-refractivity contribution in [3.05, 3.63) is 64.0 Å². The zero-order valence-corrected chi connectivity index (χ0v) is 17.9. The van der Waals surface area contributed by atoms with E-state index in [-0.39, 0.29) is 12.4 Å². The van der Waals surface area contributed by atoms with Crippen molar-refractivity contribution in [2.24, 2.45) is 0 Å². The van der Waals surface area contributed by atoms with E-state index in [1.807, 2.05) is 23.9 Å². The molecule has 2 aromatic rings. The molecule has 3 nitrogen and oxygen atoms in total. The molecule has 4 rings (SSSR count). The van der Waals surface area contributed by atoms with Gasteiger partial charge in [0, 0.05) is 54.0 Å². The average molecular weight is 422 g/mol. The van der Waals surface area contributed by atoms with Crippen molar-refractivity contribution >= 4 is 53.2 Å². The van der Waals surface area contributed by atoms with Crippen LogP contribution in [-0.4, -0.2) is 50.5 Å². The van der Waals surface area contributed by atoms with E-state index < -0.39 is 0 Å². The molecule has 2 aliphatic heterocycles. The summed E-state index contributed by atoms with van der Waals surface area (Å²) in [4.78, 5) is 8.73. The molecule has 0 N–H and O–H groups in total. The fourth-order valence-electron chi connectivity index (χ4n) is 3.46. The van der Waals surface area contributed by atoms with Crippen molar-refractivity contribution in [1.82, 2.24) is 4.90 Å². The highest BCUT2D eigenvalue weighted by Crippen LogP contribution is 2.34. The molecule has 2 saturated heterocycles. The number of rotatable bonds is 3. The van der Waals surface area contributed by atoms with Gasteiger partial charge >= 0.3 is 0 Å². The third-order valence-corrected chi connectivity index (χ3v) is 6.35. The number of piperazine rings is 1. The lowest BCUT2D eigenvalue weighted by molar-refractivity contribution is 0.313. The Hall–Kier alpha value is -1.33. The lowest BCUT2D eigenvalue weighted by Crippen LogP contribution is -2.44. The first-order chi connectivity index (χ1) is 12.7. The van der Waals surface area contributed by atoms with Crippen LogP contribution in [0.3, 0.4) is 0 Å². The van der Waals surface area contributed by atoms with Gasteiger partial charge in [0.2, 0.25) is 0 Å². The molecule has 0 spiro atoms. The van der Waals surface area contributed by atoms with Crippen LogP contribution in [-0.2, 0) is 0 Å². The van der Waals surface area contributed by atoms with Crippen LogP contribution < -0.4 is 9.80 Å². The molecule has 0 radical (unpaired) electrons. The van der Waals surface area contributed by atoms with Crippen molar-refractivity contribution in [2.75, 3.05) is 55.4 Å². The second-order valence-corrected chi connectivity index (χ2v) is 8.42. The Labute approximate surface area is 177 Å². The Morgan fingerprint density at radius 3 is 2.37 bits per heavy atom. The van der Waals surface area contributed by atoms with Crippen LogP contribution >= 0.6 is 35.8 Å². The molecule has 144 valence electrons. The van der Waals surface area contributed by atoms with Gasteiger partial charge < -0.3 is 14.7 Å². The minimum atomic E-state index is 0. The number of anilines is 2. The van der Waals surface area contributed by atoms with Gasteiger partial charge in [-0.2, -0.15) is 0 Å². The molecule has 2 aromatic carbocycles. The summed E-state index contributed by atoms with van der Waals surface area (Å²) in [5.41, 5.74) is 3.92. The Morgan fingerprint density at radius 2 is 1.63 bits per heavy atom. The largest absolute Gasteiger partial charge is 0.368 e. The summed E-state index contributed by atoms with van der Waals surface area (Å²) in [5, 5.41) is 0.789. The van der Waals surface area contributed by atoms with Crippen molar-refractivity contribution in [1.29, 1.82) is 0 Å². The number of hydrogen-bond donors (Lipinski definition) is 0. The van der Waals surface area contributed by atoms with Crippen LogP contribution in [0.4, 0.5) is 11.4 Å². The molecule has 2 heterocycles. The van der Waals surface area contributed by atoms with E-state index in [1.165, 1.54) is 21.8 Å². The Balaban J connectivity index is 0.00000210. The topological polar surface area (TPSA) is 9.72 Å². The Kier molecular flexibility index (Phi) is 6.99. The summed E-state index contributed by atoms with van der Waals surface area (Å²) in [7, 11) is 2.20. The highest BCUT2D eigenvalue weighted by Gasteiger charge is 2.20. The van der Waals surface area contributed by atoms with Gasteiger partial charge in [-0.25, -0.2) is 0 Å². The van der Waals surface area contributed by atoms with Gasteiger partial charge in [0.1, 0.15) is 0 Å². The van der Waals surface area contributed by atoms with E-state index in [9.17, 15) is 0 Å². The van der Waals surface area contributed by atoms with Crippen LogP contribution in [0.15, 0.2) is 53.4 Å². The summed E-state index contributed by atoms with van der Waals surface area (Å²) < 4.78 is 0. The number of halogens is 2. The van der Waals surface area contributed by atoms with E-state index in [1.54, 1.807) is 0 Å². The quantitative estimate of drug-likeness (QED) is 0.683. The minimum Gasteiger partial charge on any atom is -0.368 e.